The van der Waals surface area contributed by atoms with Crippen LogP contribution >= 0.6 is 23.5 Å². The van der Waals surface area contributed by atoms with Gasteiger partial charge < -0.3 is 5.73 Å². The number of hydrogen-bond acceptors (Lipinski definition) is 6. The van der Waals surface area contributed by atoms with Crippen LogP contribution in [0.3, 0.4) is 0 Å². The number of nitrogens with two attached hydrogens (primary N) is 2. The fraction of sp³-hybridized carbons (Fsp3) is 0.615. The summed E-state index contributed by atoms with van der Waals surface area (Å²) in [7, 11) is 0. The molecule has 0 saturated carbocycles. The topological polar surface area (TPSA) is 77.0 Å². The average Bonchev–Trinajstić information content (AvgIpc) is 2.46. The molecule has 1 aromatic heterocycles. The van der Waals surface area contributed by atoms with Crippen molar-refractivity contribution >= 4 is 29.3 Å². The smallest absolute Gasteiger partial charge is 0.126 e. The first-order chi connectivity index (χ1) is 9.26. The Bertz CT molecular complexity index is 402. The molecular weight excluding hydrogens is 276 g/mol. The molecule has 1 saturated heterocycles. The lowest BCUT2D eigenvalue weighted by Gasteiger charge is -2.35. The van der Waals surface area contributed by atoms with Gasteiger partial charge >= 0.3 is 0 Å². The van der Waals surface area contributed by atoms with E-state index >= 15 is 0 Å². The van der Waals surface area contributed by atoms with Gasteiger partial charge in [-0.25, -0.2) is 4.98 Å². The van der Waals surface area contributed by atoms with Crippen molar-refractivity contribution in [3.8, 4) is 0 Å². The Morgan fingerprint density at radius 3 is 2.95 bits per heavy atom. The molecule has 0 radical (unpaired) electrons. The third-order valence-corrected chi connectivity index (χ3v) is 6.88. The highest BCUT2D eigenvalue weighted by molar-refractivity contribution is 8.07. The van der Waals surface area contributed by atoms with Gasteiger partial charge in [-0.15, -0.1) is 0 Å². The molecule has 0 spiro atoms. The molecule has 4 nitrogen and oxygen atoms in total. The first-order valence-corrected chi connectivity index (χ1v) is 8.74. The Morgan fingerprint density at radius 1 is 1.47 bits per heavy atom. The van der Waals surface area contributed by atoms with E-state index in [9.17, 15) is 0 Å². The number of hydrazine groups is 1. The van der Waals surface area contributed by atoms with E-state index in [0.717, 1.165) is 12.0 Å². The molecule has 0 aliphatic carbocycles. The van der Waals surface area contributed by atoms with Crippen molar-refractivity contribution in [2.45, 2.75) is 36.3 Å². The van der Waals surface area contributed by atoms with Crippen molar-refractivity contribution in [2.24, 2.45) is 5.84 Å². The van der Waals surface area contributed by atoms with Crippen molar-refractivity contribution in [1.29, 1.82) is 0 Å². The summed E-state index contributed by atoms with van der Waals surface area (Å²) in [5.41, 5.74) is 10.0. The van der Waals surface area contributed by atoms with E-state index in [-0.39, 0.29) is 6.04 Å². The normalized spacial score (nSPS) is 25.2. The molecule has 19 heavy (non-hydrogen) atoms. The van der Waals surface area contributed by atoms with Gasteiger partial charge in [0.2, 0.25) is 0 Å². The van der Waals surface area contributed by atoms with Gasteiger partial charge in [0.25, 0.3) is 0 Å². The monoisotopic (exact) mass is 298 g/mol. The van der Waals surface area contributed by atoms with Crippen molar-refractivity contribution in [3.63, 3.8) is 0 Å². The number of nitrogens with one attached hydrogen (secondary N) is 1. The number of hydrogen-bond donors (Lipinski definition) is 3. The highest BCUT2D eigenvalue weighted by Crippen LogP contribution is 2.36. The fourth-order valence-corrected chi connectivity index (χ4v) is 5.69. The Kier molecular flexibility index (Phi) is 5.81. The van der Waals surface area contributed by atoms with Gasteiger partial charge in [-0.3, -0.25) is 11.3 Å². The lowest BCUT2D eigenvalue weighted by molar-refractivity contribution is 0.490. The lowest BCUT2D eigenvalue weighted by Crippen LogP contribution is -2.49. The molecule has 106 valence electrons. The predicted octanol–water partition coefficient (Wildman–Crippen LogP) is 1.67. The molecule has 0 bridgehead atoms. The zero-order chi connectivity index (χ0) is 13.7. The van der Waals surface area contributed by atoms with Gasteiger partial charge in [0.05, 0.1) is 0 Å². The summed E-state index contributed by atoms with van der Waals surface area (Å²) in [5, 5.41) is 1.20. The Hall–Kier alpha value is -0.430. The standard InChI is InChI=1S/C13H22N4S2/c1-2-11-12(19-7-6-18-11)10(17-15)8-9-4-3-5-16-13(9)14/h3-5,10-12,17H,2,6-8,15H2,1H3,(H2,14,16). The van der Waals surface area contributed by atoms with Crippen LogP contribution in [-0.2, 0) is 6.42 Å². The molecule has 2 rings (SSSR count). The fourth-order valence-electron chi connectivity index (χ4n) is 2.44. The zero-order valence-corrected chi connectivity index (χ0v) is 12.8. The van der Waals surface area contributed by atoms with E-state index in [1.54, 1.807) is 6.20 Å². The van der Waals surface area contributed by atoms with Crippen LogP contribution in [0.25, 0.3) is 0 Å². The highest BCUT2D eigenvalue weighted by Gasteiger charge is 2.31. The second kappa shape index (κ2) is 7.38. The maximum Gasteiger partial charge on any atom is 0.126 e. The largest absolute Gasteiger partial charge is 0.383 e. The average molecular weight is 298 g/mol. The van der Waals surface area contributed by atoms with Crippen molar-refractivity contribution in [2.75, 3.05) is 17.2 Å². The molecular formula is C13H22N4S2. The van der Waals surface area contributed by atoms with Gasteiger partial charge in [-0.05, 0) is 24.5 Å². The molecule has 1 aliphatic heterocycles. The number of pyridine rings is 1. The number of thioether (sulfide) groups is 2. The third kappa shape index (κ3) is 3.78. The van der Waals surface area contributed by atoms with Crippen molar-refractivity contribution < 1.29 is 0 Å². The van der Waals surface area contributed by atoms with E-state index in [2.05, 4.69) is 29.1 Å². The van der Waals surface area contributed by atoms with Gasteiger partial charge in [0.1, 0.15) is 5.82 Å². The molecule has 6 heteroatoms. The molecule has 5 N–H and O–H groups in total. The van der Waals surface area contributed by atoms with Crippen LogP contribution in [0.15, 0.2) is 18.3 Å². The lowest BCUT2D eigenvalue weighted by atomic mass is 10.0. The first kappa shape index (κ1) is 15.0. The summed E-state index contributed by atoms with van der Waals surface area (Å²) in [4.78, 5) is 4.15. The number of nitrogens with zero attached hydrogens (tertiary/aromatic N) is 1. The van der Waals surface area contributed by atoms with Crippen LogP contribution in [0.5, 0.6) is 0 Å². The quantitative estimate of drug-likeness (QED) is 0.567. The van der Waals surface area contributed by atoms with Crippen LogP contribution in [0.1, 0.15) is 18.9 Å². The minimum atomic E-state index is 0.245. The Balaban J connectivity index is 2.08. The van der Waals surface area contributed by atoms with E-state index < -0.39 is 0 Å². The third-order valence-electron chi connectivity index (χ3n) is 3.47. The molecule has 2 heterocycles. The number of anilines is 1. The molecule has 3 unspecified atom stereocenters. The van der Waals surface area contributed by atoms with Gasteiger partial charge in [0, 0.05) is 34.2 Å². The SMILES string of the molecule is CCC1SCCSC1C(Cc1cccnc1N)NN. The molecule has 1 aromatic rings. The predicted molar refractivity (Wildman–Crippen MR) is 86.2 cm³/mol. The second-order valence-corrected chi connectivity index (χ2v) is 7.31. The minimum absolute atomic E-state index is 0.245. The molecule has 1 aliphatic rings. The van der Waals surface area contributed by atoms with Crippen LogP contribution in [0.4, 0.5) is 5.82 Å². The second-order valence-electron chi connectivity index (χ2n) is 4.68. The summed E-state index contributed by atoms with van der Waals surface area (Å²) in [6.45, 7) is 2.25. The zero-order valence-electron chi connectivity index (χ0n) is 11.2. The van der Waals surface area contributed by atoms with Gasteiger partial charge in [-0.1, -0.05) is 13.0 Å². The maximum atomic E-state index is 5.93. The molecule has 0 amide bonds. The summed E-state index contributed by atoms with van der Waals surface area (Å²) < 4.78 is 0. The maximum absolute atomic E-state index is 5.93. The van der Waals surface area contributed by atoms with Crippen LogP contribution in [-0.4, -0.2) is 33.0 Å². The van der Waals surface area contributed by atoms with E-state index in [0.29, 0.717) is 16.3 Å². The molecule has 1 fully saturated rings. The van der Waals surface area contributed by atoms with Crippen molar-refractivity contribution in [1.82, 2.24) is 10.4 Å². The summed E-state index contributed by atoms with van der Waals surface area (Å²) >= 11 is 4.10. The number of rotatable bonds is 5. The van der Waals surface area contributed by atoms with Crippen LogP contribution in [0, 0.1) is 0 Å². The minimum Gasteiger partial charge on any atom is -0.383 e. The highest BCUT2D eigenvalue weighted by atomic mass is 32.2. The van der Waals surface area contributed by atoms with Crippen LogP contribution < -0.4 is 17.0 Å². The Morgan fingerprint density at radius 2 is 2.26 bits per heavy atom. The van der Waals surface area contributed by atoms with Gasteiger partial charge in [0.15, 0.2) is 0 Å². The van der Waals surface area contributed by atoms with Gasteiger partial charge in [-0.2, -0.15) is 23.5 Å². The molecule has 0 aromatic carbocycles. The number of nitrogen functional groups attached to an aromatic ring is 1. The Labute approximate surface area is 123 Å². The van der Waals surface area contributed by atoms with E-state index in [1.165, 1.54) is 17.9 Å². The summed E-state index contributed by atoms with van der Waals surface area (Å²) in [6.07, 6.45) is 3.75. The summed E-state index contributed by atoms with van der Waals surface area (Å²) in [6, 6.07) is 4.21. The van der Waals surface area contributed by atoms with Crippen molar-refractivity contribution in [3.05, 3.63) is 23.9 Å². The first-order valence-electron chi connectivity index (χ1n) is 6.65. The summed E-state index contributed by atoms with van der Waals surface area (Å²) in [5.74, 6) is 8.84. The molecule has 3 atom stereocenters. The van der Waals surface area contributed by atoms with E-state index in [4.69, 9.17) is 11.6 Å². The van der Waals surface area contributed by atoms with Crippen LogP contribution in [0.2, 0.25) is 0 Å². The number of aromatic nitrogens is 1. The van der Waals surface area contributed by atoms with E-state index in [1.807, 2.05) is 23.9 Å².